The quantitative estimate of drug-likeness (QED) is 0.564. The van der Waals surface area contributed by atoms with Gasteiger partial charge >= 0.3 is 6.03 Å². The lowest BCUT2D eigenvalue weighted by molar-refractivity contribution is -0.118. The molecule has 2 aromatic carbocycles. The highest BCUT2D eigenvalue weighted by Gasteiger charge is 2.25. The van der Waals surface area contributed by atoms with Crippen molar-refractivity contribution >= 4 is 46.1 Å². The number of carbonyl (C=O) groups excluding carboxylic acids is 2. The van der Waals surface area contributed by atoms with E-state index < -0.39 is 0 Å². The number of nitrogens with one attached hydrogen (secondary N) is 3. The molecule has 3 aromatic rings. The summed E-state index contributed by atoms with van der Waals surface area (Å²) in [5, 5.41) is 8.72. The highest BCUT2D eigenvalue weighted by molar-refractivity contribution is 7.00. The first-order chi connectivity index (χ1) is 14.7. The number of aromatic nitrogens is 2. The second-order valence-corrected chi connectivity index (χ2v) is 7.84. The Balaban J connectivity index is 1.31. The lowest BCUT2D eigenvalue weighted by Gasteiger charge is -2.35. The number of hydrogen-bond acceptors (Lipinski definition) is 6. The second-order valence-electron chi connectivity index (χ2n) is 7.31. The van der Waals surface area contributed by atoms with Crippen LogP contribution in [0.25, 0.3) is 11.0 Å². The highest BCUT2D eigenvalue weighted by Crippen LogP contribution is 2.22. The average Bonchev–Trinajstić information content (AvgIpc) is 3.24. The predicted octanol–water partition coefficient (Wildman–Crippen LogP) is 3.31. The van der Waals surface area contributed by atoms with Crippen LogP contribution in [0.2, 0.25) is 0 Å². The summed E-state index contributed by atoms with van der Waals surface area (Å²) in [5.74, 6) is -0.0869. The topological polar surface area (TPSA) is 99.2 Å². The van der Waals surface area contributed by atoms with Crippen LogP contribution in [-0.2, 0) is 4.79 Å². The van der Waals surface area contributed by atoms with Gasteiger partial charge in [-0.15, -0.1) is 0 Å². The van der Waals surface area contributed by atoms with Gasteiger partial charge in [0.05, 0.1) is 24.0 Å². The molecule has 0 bridgehead atoms. The average molecular weight is 425 g/mol. The van der Waals surface area contributed by atoms with Crippen LogP contribution in [0.4, 0.5) is 16.2 Å². The van der Waals surface area contributed by atoms with Gasteiger partial charge in [0.25, 0.3) is 0 Å². The molecule has 1 saturated heterocycles. The number of nitrogens with zero attached hydrogens (tertiary/aromatic N) is 3. The summed E-state index contributed by atoms with van der Waals surface area (Å²) in [6, 6.07) is 14.8. The summed E-state index contributed by atoms with van der Waals surface area (Å²) >= 11 is 1.13. The number of hydrogen-bond donors (Lipinski definition) is 3. The summed E-state index contributed by atoms with van der Waals surface area (Å²) in [4.78, 5) is 27.0. The van der Waals surface area contributed by atoms with Crippen molar-refractivity contribution in [2.24, 2.45) is 0 Å². The maximum Gasteiger partial charge on any atom is 0.319 e. The van der Waals surface area contributed by atoms with Crippen molar-refractivity contribution in [3.63, 3.8) is 0 Å². The minimum atomic E-state index is -0.237. The first kappa shape index (κ1) is 20.2. The van der Waals surface area contributed by atoms with Crippen molar-refractivity contribution in [3.8, 4) is 0 Å². The van der Waals surface area contributed by atoms with Crippen LogP contribution in [0.5, 0.6) is 0 Å². The van der Waals surface area contributed by atoms with E-state index in [4.69, 9.17) is 0 Å². The number of likely N-dealkylation sites (tertiary alicyclic amines) is 1. The van der Waals surface area contributed by atoms with E-state index in [1.807, 2.05) is 48.5 Å². The molecule has 1 unspecified atom stereocenters. The molecule has 0 radical (unpaired) electrons. The summed E-state index contributed by atoms with van der Waals surface area (Å²) < 4.78 is 8.47. The zero-order valence-corrected chi connectivity index (χ0v) is 17.3. The normalized spacial score (nSPS) is 16.9. The molecular formula is C21H24N6O2S. The maximum atomic E-state index is 12.7. The molecule has 0 spiro atoms. The van der Waals surface area contributed by atoms with Gasteiger partial charge in [0.1, 0.15) is 11.0 Å². The smallest absolute Gasteiger partial charge is 0.319 e. The molecule has 3 N–H and O–H groups in total. The molecule has 156 valence electrons. The van der Waals surface area contributed by atoms with Gasteiger partial charge < -0.3 is 16.0 Å². The summed E-state index contributed by atoms with van der Waals surface area (Å²) in [6.07, 6.45) is 3.09. The largest absolute Gasteiger partial charge is 0.336 e. The summed E-state index contributed by atoms with van der Waals surface area (Å²) in [5.41, 5.74) is 2.92. The lowest BCUT2D eigenvalue weighted by atomic mass is 10.0. The monoisotopic (exact) mass is 424 g/mol. The van der Waals surface area contributed by atoms with Crippen LogP contribution >= 0.6 is 11.7 Å². The molecule has 1 atom stereocenters. The number of anilines is 2. The molecule has 1 fully saturated rings. The van der Waals surface area contributed by atoms with Gasteiger partial charge in [0, 0.05) is 18.3 Å². The number of fused-ring (bicyclic) bond motifs is 1. The second kappa shape index (κ2) is 9.64. The van der Waals surface area contributed by atoms with Crippen LogP contribution in [0.15, 0.2) is 48.5 Å². The van der Waals surface area contributed by atoms with Gasteiger partial charge in [0.2, 0.25) is 5.91 Å². The molecule has 3 amide bonds. The molecular weight excluding hydrogens is 400 g/mol. The van der Waals surface area contributed by atoms with Gasteiger partial charge in [-0.05, 0) is 43.7 Å². The van der Waals surface area contributed by atoms with E-state index in [-0.39, 0.29) is 24.5 Å². The third-order valence-corrected chi connectivity index (χ3v) is 5.73. The Bertz CT molecular complexity index is 1010. The first-order valence-electron chi connectivity index (χ1n) is 10.0. The third kappa shape index (κ3) is 5.11. The molecule has 4 rings (SSSR count). The van der Waals surface area contributed by atoms with Gasteiger partial charge in [-0.2, -0.15) is 8.75 Å². The van der Waals surface area contributed by atoms with Crippen molar-refractivity contribution < 1.29 is 9.59 Å². The van der Waals surface area contributed by atoms with E-state index >= 15 is 0 Å². The number of piperidine rings is 1. The van der Waals surface area contributed by atoms with E-state index in [0.717, 1.165) is 48.7 Å². The lowest BCUT2D eigenvalue weighted by Crippen LogP contribution is -2.49. The maximum absolute atomic E-state index is 12.7. The van der Waals surface area contributed by atoms with Crippen molar-refractivity contribution in [2.75, 3.05) is 30.3 Å². The minimum absolute atomic E-state index is 0.0869. The van der Waals surface area contributed by atoms with Crippen LogP contribution in [0.1, 0.15) is 19.3 Å². The Morgan fingerprint density at radius 1 is 1.03 bits per heavy atom. The zero-order chi connectivity index (χ0) is 20.8. The van der Waals surface area contributed by atoms with E-state index in [0.29, 0.717) is 17.7 Å². The van der Waals surface area contributed by atoms with Gasteiger partial charge in [-0.1, -0.05) is 30.7 Å². The molecule has 9 heteroatoms. The Morgan fingerprint density at radius 3 is 2.77 bits per heavy atom. The molecule has 1 aliphatic heterocycles. The molecule has 2 heterocycles. The van der Waals surface area contributed by atoms with E-state index in [1.165, 1.54) is 0 Å². The van der Waals surface area contributed by atoms with E-state index in [1.54, 1.807) is 0 Å². The Hall–Kier alpha value is -3.04. The van der Waals surface area contributed by atoms with Gasteiger partial charge in [-0.3, -0.25) is 9.69 Å². The van der Waals surface area contributed by atoms with Crippen molar-refractivity contribution in [3.05, 3.63) is 48.5 Å². The number of amides is 3. The van der Waals surface area contributed by atoms with Crippen LogP contribution < -0.4 is 16.0 Å². The first-order valence-corrected chi connectivity index (χ1v) is 10.8. The Kier molecular flexibility index (Phi) is 6.50. The predicted molar refractivity (Wildman–Crippen MR) is 119 cm³/mol. The van der Waals surface area contributed by atoms with Crippen LogP contribution in [0.3, 0.4) is 0 Å². The molecule has 0 aliphatic carbocycles. The number of carbonyl (C=O) groups is 2. The number of rotatable bonds is 6. The standard InChI is InChI=1S/C21H24N6O2S/c28-19(24-17-10-6-11-18-20(17)26-30-25-18)14-27-12-5-4-9-16(27)13-22-21(29)23-15-7-2-1-3-8-15/h1-3,6-8,10-11,16H,4-5,9,12-14H2,(H,24,28)(H2,22,23,29). The molecule has 0 saturated carbocycles. The fourth-order valence-electron chi connectivity index (χ4n) is 3.69. The van der Waals surface area contributed by atoms with Crippen LogP contribution in [-0.4, -0.2) is 51.3 Å². The van der Waals surface area contributed by atoms with Crippen molar-refractivity contribution in [1.29, 1.82) is 0 Å². The Morgan fingerprint density at radius 2 is 1.90 bits per heavy atom. The fourth-order valence-corrected chi connectivity index (χ4v) is 4.24. The zero-order valence-electron chi connectivity index (χ0n) is 16.5. The van der Waals surface area contributed by atoms with E-state index in [2.05, 4.69) is 29.6 Å². The highest BCUT2D eigenvalue weighted by atomic mass is 32.1. The van der Waals surface area contributed by atoms with Gasteiger partial charge in [0.15, 0.2) is 0 Å². The number of para-hydroxylation sites is 1. The number of benzene rings is 2. The van der Waals surface area contributed by atoms with E-state index in [9.17, 15) is 9.59 Å². The molecule has 1 aliphatic rings. The molecule has 30 heavy (non-hydrogen) atoms. The molecule has 8 nitrogen and oxygen atoms in total. The number of urea groups is 1. The van der Waals surface area contributed by atoms with Gasteiger partial charge in [-0.25, -0.2) is 4.79 Å². The molecule has 1 aromatic heterocycles. The van der Waals surface area contributed by atoms with Crippen LogP contribution in [0, 0.1) is 0 Å². The van der Waals surface area contributed by atoms with Crippen molar-refractivity contribution in [1.82, 2.24) is 19.0 Å². The summed E-state index contributed by atoms with van der Waals surface area (Å²) in [6.45, 7) is 1.61. The third-order valence-electron chi connectivity index (χ3n) is 5.19. The fraction of sp³-hybridized carbons (Fsp3) is 0.333. The summed E-state index contributed by atoms with van der Waals surface area (Å²) in [7, 11) is 0. The van der Waals surface area contributed by atoms with Crippen molar-refractivity contribution in [2.45, 2.75) is 25.3 Å². The SMILES string of the molecule is O=C(CN1CCCCC1CNC(=O)Nc1ccccc1)Nc1cccc2nsnc12. The Labute approximate surface area is 179 Å². The minimum Gasteiger partial charge on any atom is -0.336 e.